The Morgan fingerprint density at radius 3 is 2.40 bits per heavy atom. The summed E-state index contributed by atoms with van der Waals surface area (Å²) in [6.07, 6.45) is 0.616. The Labute approximate surface area is 90.4 Å². The Morgan fingerprint density at radius 1 is 1.33 bits per heavy atom. The molecule has 0 aromatic heterocycles. The maximum absolute atomic E-state index is 10.9. The second kappa shape index (κ2) is 5.39. The molecule has 0 aliphatic rings. The summed E-state index contributed by atoms with van der Waals surface area (Å²) in [7, 11) is 1.35. The lowest BCUT2D eigenvalue weighted by molar-refractivity contribution is 0.187. The van der Waals surface area contributed by atoms with Crippen molar-refractivity contribution >= 4 is 11.8 Å². The smallest absolute Gasteiger partial charge is 0.411 e. The van der Waals surface area contributed by atoms with E-state index in [0.717, 1.165) is 12.1 Å². The molecule has 0 bridgehead atoms. The van der Waals surface area contributed by atoms with Crippen molar-refractivity contribution in [2.24, 2.45) is 5.92 Å². The average molecular weight is 207 g/mol. The minimum Gasteiger partial charge on any atom is -0.453 e. The molecule has 15 heavy (non-hydrogen) atoms. The minimum absolute atomic E-state index is 0.438. The van der Waals surface area contributed by atoms with Crippen molar-refractivity contribution in [1.29, 1.82) is 0 Å². The third-order valence-corrected chi connectivity index (χ3v) is 2.03. The highest BCUT2D eigenvalue weighted by molar-refractivity contribution is 5.84. The monoisotopic (exact) mass is 207 g/mol. The second-order valence-corrected chi connectivity index (χ2v) is 3.91. The van der Waals surface area contributed by atoms with Crippen LogP contribution in [0.3, 0.4) is 0 Å². The number of rotatable bonds is 3. The Balaban J connectivity index is 2.60. The number of anilines is 1. The van der Waals surface area contributed by atoms with E-state index in [0.29, 0.717) is 5.92 Å². The molecule has 0 saturated heterocycles. The number of carbonyl (C=O) groups excluding carboxylic acids is 1. The van der Waals surface area contributed by atoms with E-state index in [1.807, 2.05) is 24.3 Å². The Morgan fingerprint density at radius 2 is 1.93 bits per heavy atom. The standard InChI is InChI=1S/C12H17NO2/c1-9(2)8-10-4-6-11(7-5-10)13-12(14)15-3/h4-7,9H,8H2,1-3H3,(H,13,14). The number of ether oxygens (including phenoxy) is 1. The van der Waals surface area contributed by atoms with Crippen LogP contribution in [0.1, 0.15) is 19.4 Å². The molecule has 0 saturated carbocycles. The highest BCUT2D eigenvalue weighted by atomic mass is 16.5. The number of methoxy groups -OCH3 is 1. The molecule has 82 valence electrons. The Hall–Kier alpha value is -1.51. The molecule has 0 atom stereocenters. The van der Waals surface area contributed by atoms with Gasteiger partial charge in [0.05, 0.1) is 7.11 Å². The number of hydrogen-bond donors (Lipinski definition) is 1. The van der Waals surface area contributed by atoms with Crippen LogP contribution in [0, 0.1) is 5.92 Å². The Kier molecular flexibility index (Phi) is 4.16. The normalized spacial score (nSPS) is 10.1. The number of amides is 1. The molecule has 0 aliphatic heterocycles. The lowest BCUT2D eigenvalue weighted by Gasteiger charge is -2.07. The first-order chi connectivity index (χ1) is 7.11. The quantitative estimate of drug-likeness (QED) is 0.827. The summed E-state index contributed by atoms with van der Waals surface area (Å²) in [6, 6.07) is 7.81. The SMILES string of the molecule is COC(=O)Nc1ccc(CC(C)C)cc1. The van der Waals surface area contributed by atoms with Crippen LogP contribution in [0.2, 0.25) is 0 Å². The molecule has 1 rings (SSSR count). The summed E-state index contributed by atoms with van der Waals surface area (Å²) < 4.78 is 4.50. The van der Waals surface area contributed by atoms with Crippen LogP contribution < -0.4 is 5.32 Å². The predicted octanol–water partition coefficient (Wildman–Crippen LogP) is 3.06. The first-order valence-corrected chi connectivity index (χ1v) is 5.05. The van der Waals surface area contributed by atoms with Gasteiger partial charge in [0.2, 0.25) is 0 Å². The molecule has 0 heterocycles. The van der Waals surface area contributed by atoms with Crippen LogP contribution in [-0.4, -0.2) is 13.2 Å². The van der Waals surface area contributed by atoms with Gasteiger partial charge in [0.25, 0.3) is 0 Å². The van der Waals surface area contributed by atoms with Crippen molar-refractivity contribution in [3.05, 3.63) is 29.8 Å². The summed E-state index contributed by atoms with van der Waals surface area (Å²) >= 11 is 0. The number of benzene rings is 1. The number of hydrogen-bond acceptors (Lipinski definition) is 2. The van der Waals surface area contributed by atoms with Crippen LogP contribution in [-0.2, 0) is 11.2 Å². The van der Waals surface area contributed by atoms with Gasteiger partial charge in [-0.2, -0.15) is 0 Å². The maximum atomic E-state index is 10.9. The van der Waals surface area contributed by atoms with Gasteiger partial charge in [0, 0.05) is 5.69 Å². The fraction of sp³-hybridized carbons (Fsp3) is 0.417. The van der Waals surface area contributed by atoms with E-state index in [1.54, 1.807) is 0 Å². The van der Waals surface area contributed by atoms with Crippen LogP contribution in [0.4, 0.5) is 10.5 Å². The molecule has 1 aromatic rings. The van der Waals surface area contributed by atoms with E-state index in [2.05, 4.69) is 23.9 Å². The summed E-state index contributed by atoms with van der Waals surface area (Å²) in [6.45, 7) is 4.36. The van der Waals surface area contributed by atoms with Gasteiger partial charge in [0.15, 0.2) is 0 Å². The summed E-state index contributed by atoms with van der Waals surface area (Å²) in [4.78, 5) is 10.9. The molecule has 3 heteroatoms. The van der Waals surface area contributed by atoms with Gasteiger partial charge in [-0.1, -0.05) is 26.0 Å². The first kappa shape index (κ1) is 11.6. The van der Waals surface area contributed by atoms with E-state index in [9.17, 15) is 4.79 Å². The van der Waals surface area contributed by atoms with Gasteiger partial charge in [0.1, 0.15) is 0 Å². The zero-order valence-electron chi connectivity index (χ0n) is 9.41. The zero-order valence-corrected chi connectivity index (χ0v) is 9.41. The van der Waals surface area contributed by atoms with Gasteiger partial charge < -0.3 is 4.74 Å². The van der Waals surface area contributed by atoms with Crippen molar-refractivity contribution < 1.29 is 9.53 Å². The summed E-state index contributed by atoms with van der Waals surface area (Å²) in [5.74, 6) is 0.643. The van der Waals surface area contributed by atoms with E-state index < -0.39 is 6.09 Å². The van der Waals surface area contributed by atoms with E-state index in [1.165, 1.54) is 12.7 Å². The molecular formula is C12H17NO2. The van der Waals surface area contributed by atoms with Crippen LogP contribution in [0.25, 0.3) is 0 Å². The molecule has 1 aromatic carbocycles. The molecular weight excluding hydrogens is 190 g/mol. The summed E-state index contributed by atoms with van der Waals surface area (Å²) in [5.41, 5.74) is 2.04. The van der Waals surface area contributed by atoms with Crippen LogP contribution in [0.15, 0.2) is 24.3 Å². The lowest BCUT2D eigenvalue weighted by Crippen LogP contribution is -2.10. The highest BCUT2D eigenvalue weighted by Crippen LogP contribution is 2.13. The van der Waals surface area contributed by atoms with Crippen molar-refractivity contribution in [2.45, 2.75) is 20.3 Å². The lowest BCUT2D eigenvalue weighted by atomic mass is 10.0. The van der Waals surface area contributed by atoms with Crippen LogP contribution >= 0.6 is 0 Å². The fourth-order valence-electron chi connectivity index (χ4n) is 1.36. The molecule has 3 nitrogen and oxygen atoms in total. The van der Waals surface area contributed by atoms with Gasteiger partial charge in [-0.05, 0) is 30.0 Å². The highest BCUT2D eigenvalue weighted by Gasteiger charge is 2.01. The Bertz CT molecular complexity index is 317. The second-order valence-electron chi connectivity index (χ2n) is 3.91. The van der Waals surface area contributed by atoms with Gasteiger partial charge in [-0.15, -0.1) is 0 Å². The average Bonchev–Trinajstić information content (AvgIpc) is 2.20. The third kappa shape index (κ3) is 4.02. The van der Waals surface area contributed by atoms with E-state index in [4.69, 9.17) is 0 Å². The van der Waals surface area contributed by atoms with E-state index in [-0.39, 0.29) is 0 Å². The van der Waals surface area contributed by atoms with Gasteiger partial charge in [-0.3, -0.25) is 5.32 Å². The van der Waals surface area contributed by atoms with Gasteiger partial charge in [-0.25, -0.2) is 4.79 Å². The summed E-state index contributed by atoms with van der Waals surface area (Å²) in [5, 5.41) is 2.61. The van der Waals surface area contributed by atoms with E-state index >= 15 is 0 Å². The van der Waals surface area contributed by atoms with Crippen molar-refractivity contribution in [3.63, 3.8) is 0 Å². The zero-order chi connectivity index (χ0) is 11.3. The topological polar surface area (TPSA) is 38.3 Å². The van der Waals surface area contributed by atoms with Crippen molar-refractivity contribution in [3.8, 4) is 0 Å². The van der Waals surface area contributed by atoms with Gasteiger partial charge >= 0.3 is 6.09 Å². The van der Waals surface area contributed by atoms with Crippen molar-refractivity contribution in [1.82, 2.24) is 0 Å². The fourth-order valence-corrected chi connectivity index (χ4v) is 1.36. The molecule has 0 fully saturated rings. The molecule has 1 N–H and O–H groups in total. The number of carbonyl (C=O) groups is 1. The molecule has 0 unspecified atom stereocenters. The molecule has 0 spiro atoms. The predicted molar refractivity (Wildman–Crippen MR) is 61.0 cm³/mol. The number of nitrogens with one attached hydrogen (secondary N) is 1. The molecule has 0 aliphatic carbocycles. The third-order valence-electron chi connectivity index (χ3n) is 2.03. The first-order valence-electron chi connectivity index (χ1n) is 5.05. The van der Waals surface area contributed by atoms with Crippen LogP contribution in [0.5, 0.6) is 0 Å². The maximum Gasteiger partial charge on any atom is 0.411 e. The largest absolute Gasteiger partial charge is 0.453 e. The van der Waals surface area contributed by atoms with Crippen molar-refractivity contribution in [2.75, 3.05) is 12.4 Å². The molecule has 0 radical (unpaired) electrons. The minimum atomic E-state index is -0.438. The molecule has 1 amide bonds.